The second kappa shape index (κ2) is 7.89. The summed E-state index contributed by atoms with van der Waals surface area (Å²) in [5, 5.41) is 13.6. The zero-order valence-electron chi connectivity index (χ0n) is 14.6. The number of aromatic nitrogens is 2. The van der Waals surface area contributed by atoms with E-state index in [9.17, 15) is 0 Å². The summed E-state index contributed by atoms with van der Waals surface area (Å²) in [6, 6.07) is 18.6. The van der Waals surface area contributed by atoms with Crippen LogP contribution >= 0.6 is 23.3 Å². The van der Waals surface area contributed by atoms with Gasteiger partial charge in [-0.3, -0.25) is 0 Å². The molecule has 0 saturated carbocycles. The van der Waals surface area contributed by atoms with Crippen LogP contribution in [0.25, 0.3) is 10.6 Å². The predicted octanol–water partition coefficient (Wildman–Crippen LogP) is 5.68. The molecule has 0 fully saturated rings. The molecule has 0 aliphatic carbocycles. The molecule has 2 N–H and O–H groups in total. The van der Waals surface area contributed by atoms with Gasteiger partial charge in [0.15, 0.2) is 0 Å². The Morgan fingerprint density at radius 3 is 2.36 bits per heavy atom. The number of benzene rings is 2. The third kappa shape index (κ3) is 5.47. The van der Waals surface area contributed by atoms with E-state index in [0.717, 1.165) is 27.9 Å². The second-order valence-corrected chi connectivity index (χ2v) is 9.26. The molecule has 3 rings (SSSR count). The monoisotopic (exact) mass is 370 g/mol. The molecule has 3 aromatic rings. The summed E-state index contributed by atoms with van der Waals surface area (Å²) in [5.41, 5.74) is 3.42. The van der Waals surface area contributed by atoms with Crippen molar-refractivity contribution in [1.82, 2.24) is 10.2 Å². The lowest BCUT2D eigenvalue weighted by atomic mass is 10.2. The van der Waals surface area contributed by atoms with E-state index in [4.69, 9.17) is 0 Å². The number of rotatable bonds is 6. The van der Waals surface area contributed by atoms with Crippen molar-refractivity contribution >= 4 is 34.1 Å². The van der Waals surface area contributed by atoms with Crippen LogP contribution in [0.15, 0.2) is 54.6 Å². The topological polar surface area (TPSA) is 49.8 Å². The van der Waals surface area contributed by atoms with Crippen LogP contribution in [-0.2, 0) is 6.54 Å². The van der Waals surface area contributed by atoms with E-state index in [1.165, 1.54) is 5.56 Å². The van der Waals surface area contributed by atoms with Gasteiger partial charge in [-0.1, -0.05) is 53.8 Å². The lowest BCUT2D eigenvalue weighted by molar-refractivity contribution is 0.806. The lowest BCUT2D eigenvalue weighted by Gasteiger charge is -2.18. The highest BCUT2D eigenvalue weighted by atomic mass is 32.2. The van der Waals surface area contributed by atoms with Gasteiger partial charge in [0.05, 0.1) is 0 Å². The van der Waals surface area contributed by atoms with Crippen molar-refractivity contribution < 1.29 is 0 Å². The van der Waals surface area contributed by atoms with Crippen LogP contribution in [0, 0.1) is 0 Å². The molecule has 0 atom stereocenters. The van der Waals surface area contributed by atoms with Crippen molar-refractivity contribution in [3.05, 3.63) is 60.2 Å². The van der Waals surface area contributed by atoms with Crippen LogP contribution in [0.5, 0.6) is 0 Å². The first-order valence-electron chi connectivity index (χ1n) is 8.15. The Morgan fingerprint density at radius 2 is 1.68 bits per heavy atom. The molecule has 0 aliphatic heterocycles. The highest BCUT2D eigenvalue weighted by Crippen LogP contribution is 2.27. The maximum atomic E-state index is 4.25. The summed E-state index contributed by atoms with van der Waals surface area (Å²) < 4.78 is 3.57. The normalized spacial score (nSPS) is 11.3. The van der Waals surface area contributed by atoms with Gasteiger partial charge in [-0.25, -0.2) is 0 Å². The highest BCUT2D eigenvalue weighted by Gasteiger charge is 2.10. The van der Waals surface area contributed by atoms with Gasteiger partial charge < -0.3 is 10.0 Å². The van der Waals surface area contributed by atoms with Crippen LogP contribution in [0.2, 0.25) is 0 Å². The molecule has 1 heterocycles. The van der Waals surface area contributed by atoms with Crippen molar-refractivity contribution in [1.29, 1.82) is 0 Å². The zero-order chi connectivity index (χ0) is 17.7. The summed E-state index contributed by atoms with van der Waals surface area (Å²) in [6.45, 7) is 7.30. The van der Waals surface area contributed by atoms with E-state index in [1.54, 1.807) is 23.3 Å². The highest BCUT2D eigenvalue weighted by molar-refractivity contribution is 8.01. The molecular formula is C19H22N4S2. The number of hydrogen-bond acceptors (Lipinski definition) is 6. The molecule has 130 valence electrons. The van der Waals surface area contributed by atoms with Crippen LogP contribution in [-0.4, -0.2) is 14.9 Å². The maximum Gasteiger partial charge on any atom is 0.206 e. The van der Waals surface area contributed by atoms with Crippen LogP contribution in [0.1, 0.15) is 26.3 Å². The van der Waals surface area contributed by atoms with Crippen molar-refractivity contribution in [2.24, 2.45) is 0 Å². The Kier molecular flexibility index (Phi) is 5.60. The first-order valence-corrected chi connectivity index (χ1v) is 9.79. The summed E-state index contributed by atoms with van der Waals surface area (Å²) in [5.74, 6) is 0. The van der Waals surface area contributed by atoms with Gasteiger partial charge in [-0.2, -0.15) is 0 Å². The number of hydrogen-bond donors (Lipinski definition) is 2. The Bertz CT molecular complexity index is 792. The standard InChI is InChI=1S/C19H22N4S2/c1-19(2,3)25-23-16-11-9-14(10-12-16)13-20-18-22-21-17(24-18)15-7-5-4-6-8-15/h4-12,23H,13H2,1-3H3,(H,20,22). The summed E-state index contributed by atoms with van der Waals surface area (Å²) in [7, 11) is 0. The molecule has 0 amide bonds. The van der Waals surface area contributed by atoms with Crippen molar-refractivity contribution in [2.75, 3.05) is 10.0 Å². The summed E-state index contributed by atoms with van der Waals surface area (Å²) in [6.07, 6.45) is 0. The molecule has 1 aromatic heterocycles. The van der Waals surface area contributed by atoms with Crippen molar-refractivity contribution in [3.8, 4) is 10.6 Å². The summed E-state index contributed by atoms with van der Waals surface area (Å²) in [4.78, 5) is 0. The predicted molar refractivity (Wildman–Crippen MR) is 110 cm³/mol. The smallest absolute Gasteiger partial charge is 0.206 e. The van der Waals surface area contributed by atoms with Gasteiger partial charge in [0, 0.05) is 22.5 Å². The van der Waals surface area contributed by atoms with Gasteiger partial charge >= 0.3 is 0 Å². The third-order valence-corrected chi connectivity index (χ3v) is 5.20. The minimum Gasteiger partial charge on any atom is -0.356 e. The first-order chi connectivity index (χ1) is 12.0. The third-order valence-electron chi connectivity index (χ3n) is 3.32. The number of anilines is 2. The van der Waals surface area contributed by atoms with E-state index in [0.29, 0.717) is 0 Å². The van der Waals surface area contributed by atoms with Crippen LogP contribution in [0.4, 0.5) is 10.8 Å². The molecule has 2 aromatic carbocycles. The zero-order valence-corrected chi connectivity index (χ0v) is 16.2. The van der Waals surface area contributed by atoms with Crippen LogP contribution < -0.4 is 10.0 Å². The molecule has 0 radical (unpaired) electrons. The van der Waals surface area contributed by atoms with Gasteiger partial charge in [0.25, 0.3) is 0 Å². The Hall–Kier alpha value is -2.05. The Morgan fingerprint density at radius 1 is 0.960 bits per heavy atom. The van der Waals surface area contributed by atoms with Gasteiger partial charge in [-0.05, 0) is 50.4 Å². The lowest BCUT2D eigenvalue weighted by Crippen LogP contribution is -2.10. The fourth-order valence-electron chi connectivity index (χ4n) is 2.07. The molecule has 4 nitrogen and oxygen atoms in total. The van der Waals surface area contributed by atoms with Gasteiger partial charge in [-0.15, -0.1) is 10.2 Å². The van der Waals surface area contributed by atoms with Crippen molar-refractivity contribution in [2.45, 2.75) is 32.1 Å². The fraction of sp³-hybridized carbons (Fsp3) is 0.263. The number of nitrogens with one attached hydrogen (secondary N) is 2. The summed E-state index contributed by atoms with van der Waals surface area (Å²) >= 11 is 3.29. The Labute approximate surface area is 157 Å². The van der Waals surface area contributed by atoms with E-state index >= 15 is 0 Å². The quantitative estimate of drug-likeness (QED) is 0.547. The maximum absolute atomic E-state index is 4.25. The first kappa shape index (κ1) is 17.8. The molecule has 25 heavy (non-hydrogen) atoms. The van der Waals surface area contributed by atoms with E-state index < -0.39 is 0 Å². The van der Waals surface area contributed by atoms with Gasteiger partial charge in [0.1, 0.15) is 5.01 Å². The van der Waals surface area contributed by atoms with Crippen molar-refractivity contribution in [3.63, 3.8) is 0 Å². The molecule has 6 heteroatoms. The van der Waals surface area contributed by atoms with E-state index in [1.807, 2.05) is 30.3 Å². The molecule has 0 spiro atoms. The molecule has 0 aliphatic rings. The average molecular weight is 371 g/mol. The SMILES string of the molecule is CC(C)(C)SNc1ccc(CNc2nnc(-c3ccccc3)s2)cc1. The molecular weight excluding hydrogens is 348 g/mol. The largest absolute Gasteiger partial charge is 0.356 e. The molecule has 0 bridgehead atoms. The van der Waals surface area contributed by atoms with Gasteiger partial charge in [0.2, 0.25) is 5.13 Å². The van der Waals surface area contributed by atoms with Crippen LogP contribution in [0.3, 0.4) is 0 Å². The van der Waals surface area contributed by atoms with E-state index in [2.05, 4.69) is 65.3 Å². The average Bonchev–Trinajstić information content (AvgIpc) is 3.08. The molecule has 0 saturated heterocycles. The fourth-order valence-corrected chi connectivity index (χ4v) is 3.38. The minimum atomic E-state index is 0.189. The van der Waals surface area contributed by atoms with E-state index in [-0.39, 0.29) is 4.75 Å². The Balaban J connectivity index is 1.54. The minimum absolute atomic E-state index is 0.189. The second-order valence-electron chi connectivity index (χ2n) is 6.65. The molecule has 0 unspecified atom stereocenters. The number of nitrogens with zero attached hydrogens (tertiary/aromatic N) is 2.